The monoisotopic (exact) mass is 724 g/mol. The number of hydrogen-bond acceptors (Lipinski definition) is 11. The maximum atomic E-state index is 12.9. The molecule has 0 atom stereocenters. The number of hydrogen-bond donors (Lipinski definition) is 4. The van der Waals surface area contributed by atoms with Gasteiger partial charge in [-0.25, -0.2) is 4.98 Å². The highest BCUT2D eigenvalue weighted by atomic mass is 35.5. The molecule has 2 aliphatic heterocycles. The van der Waals surface area contributed by atoms with E-state index < -0.39 is 23.9 Å². The van der Waals surface area contributed by atoms with Crippen molar-refractivity contribution in [1.82, 2.24) is 35.3 Å². The first kappa shape index (κ1) is 35.6. The van der Waals surface area contributed by atoms with Crippen LogP contribution in [0.25, 0.3) is 0 Å². The van der Waals surface area contributed by atoms with E-state index in [0.717, 1.165) is 34.6 Å². The van der Waals surface area contributed by atoms with Crippen LogP contribution in [0, 0.1) is 5.92 Å². The molecule has 0 radical (unpaired) electrons. The molecule has 0 spiro atoms. The number of Topliss-reactive ketones (excluding diaryl/α,β-unsaturated/α-hetero) is 2. The van der Waals surface area contributed by atoms with Crippen molar-refractivity contribution in [2.24, 2.45) is 5.92 Å². The molecule has 0 aliphatic carbocycles. The molecular formula is C29H23ClF6N10O4. The molecule has 1 aromatic carbocycles. The number of pyridine rings is 1. The first-order valence-corrected chi connectivity index (χ1v) is 14.8. The Hall–Kier alpha value is -5.66. The number of carbonyl (C=O) groups is 4. The molecule has 2 amide bonds. The summed E-state index contributed by atoms with van der Waals surface area (Å²) in [6, 6.07) is 7.73. The summed E-state index contributed by atoms with van der Waals surface area (Å²) in [5.74, 6) is -6.15. The second-order valence-corrected chi connectivity index (χ2v) is 11.3. The third-order valence-corrected chi connectivity index (χ3v) is 7.47. The Morgan fingerprint density at radius 1 is 0.900 bits per heavy atom. The van der Waals surface area contributed by atoms with Gasteiger partial charge < -0.3 is 20.9 Å². The van der Waals surface area contributed by atoms with Crippen molar-refractivity contribution in [3.05, 3.63) is 70.9 Å². The van der Waals surface area contributed by atoms with Crippen LogP contribution in [0.5, 0.6) is 0 Å². The zero-order chi connectivity index (χ0) is 36.2. The van der Waals surface area contributed by atoms with Crippen LogP contribution in [0.2, 0.25) is 5.02 Å². The molecule has 14 nitrogen and oxygen atoms in total. The molecule has 6 bridgehead atoms. The summed E-state index contributed by atoms with van der Waals surface area (Å²) in [5, 5.41) is 19.8. The number of benzene rings is 1. The molecule has 21 heteroatoms. The molecule has 50 heavy (non-hydrogen) atoms. The minimum atomic E-state index is -5.77. The number of fused-ring (bicyclic) bond motifs is 6. The number of aromatic nitrogens is 6. The van der Waals surface area contributed by atoms with Gasteiger partial charge in [0.2, 0.25) is 11.9 Å². The number of likely N-dealkylation sites (tertiary alicyclic amines) is 1. The van der Waals surface area contributed by atoms with E-state index in [4.69, 9.17) is 11.6 Å². The lowest BCUT2D eigenvalue weighted by molar-refractivity contribution is -0.193. The van der Waals surface area contributed by atoms with Gasteiger partial charge >= 0.3 is 23.9 Å². The molecule has 262 valence electrons. The van der Waals surface area contributed by atoms with Gasteiger partial charge in [-0.2, -0.15) is 46.7 Å². The topological polar surface area (TPSA) is 188 Å². The zero-order valence-electron chi connectivity index (χ0n) is 25.2. The van der Waals surface area contributed by atoms with Gasteiger partial charge in [0.1, 0.15) is 5.02 Å². The third-order valence-electron chi connectivity index (χ3n) is 7.19. The van der Waals surface area contributed by atoms with Gasteiger partial charge in [0, 0.05) is 43.0 Å². The van der Waals surface area contributed by atoms with Crippen molar-refractivity contribution in [2.75, 3.05) is 29.0 Å². The number of carbonyl (C=O) groups excluding carboxylic acids is 4. The van der Waals surface area contributed by atoms with Crippen molar-refractivity contribution in [2.45, 2.75) is 31.6 Å². The first-order chi connectivity index (χ1) is 23.6. The van der Waals surface area contributed by atoms with E-state index in [-0.39, 0.29) is 23.4 Å². The minimum absolute atomic E-state index is 0.0901. The van der Waals surface area contributed by atoms with Crippen LogP contribution in [0.1, 0.15) is 28.0 Å². The maximum absolute atomic E-state index is 12.9. The molecule has 5 heterocycles. The van der Waals surface area contributed by atoms with E-state index in [2.05, 4.69) is 46.3 Å². The second kappa shape index (κ2) is 14.4. The highest BCUT2D eigenvalue weighted by Gasteiger charge is 2.54. The fraction of sp³-hybridized carbons (Fsp3) is 0.276. The number of aromatic amines is 1. The first-order valence-electron chi connectivity index (χ1n) is 14.4. The Morgan fingerprint density at radius 2 is 1.62 bits per heavy atom. The number of rotatable bonds is 5. The van der Waals surface area contributed by atoms with Gasteiger partial charge in [0.05, 0.1) is 24.3 Å². The molecule has 0 saturated carbocycles. The van der Waals surface area contributed by atoms with Gasteiger partial charge in [-0.05, 0) is 48.2 Å². The number of halogens is 7. The lowest BCUT2D eigenvalue weighted by atomic mass is 9.95. The van der Waals surface area contributed by atoms with Crippen molar-refractivity contribution in [3.63, 3.8) is 0 Å². The number of H-pyrrole nitrogens is 1. The van der Waals surface area contributed by atoms with E-state index in [1.165, 1.54) is 12.4 Å². The summed E-state index contributed by atoms with van der Waals surface area (Å²) in [6.07, 6.45) is -3.37. The van der Waals surface area contributed by atoms with Crippen LogP contribution in [0.3, 0.4) is 0 Å². The molecule has 4 aromatic rings. The normalized spacial score (nSPS) is 14.2. The summed E-state index contributed by atoms with van der Waals surface area (Å²) in [7, 11) is 0. The number of anilines is 5. The Bertz CT molecular complexity index is 1890. The molecule has 2 aliphatic rings. The third kappa shape index (κ3) is 8.87. The Labute approximate surface area is 282 Å². The van der Waals surface area contributed by atoms with Gasteiger partial charge in [0.15, 0.2) is 11.5 Å². The average Bonchev–Trinajstić information content (AvgIpc) is 3.58. The van der Waals surface area contributed by atoms with Crippen LogP contribution in [0.15, 0.2) is 49.1 Å². The highest BCUT2D eigenvalue weighted by Crippen LogP contribution is 2.30. The lowest BCUT2D eigenvalue weighted by Gasteiger charge is -2.38. The Morgan fingerprint density at radius 3 is 2.28 bits per heavy atom. The predicted molar refractivity (Wildman–Crippen MR) is 163 cm³/mol. The number of alkyl halides is 6. The van der Waals surface area contributed by atoms with E-state index in [9.17, 15) is 45.5 Å². The van der Waals surface area contributed by atoms with Crippen molar-refractivity contribution in [3.8, 4) is 0 Å². The summed E-state index contributed by atoms with van der Waals surface area (Å²) in [4.78, 5) is 59.2. The SMILES string of the molecule is O=C(C(=O)C(F)(F)F)C(F)(F)F.O=C(CC1CN(C(=O)c2cn[nH]n2)C1)Nc1ccc2cc1CCc1cncc(c1)Nc1ncc(Cl)c(n1)N2. The van der Waals surface area contributed by atoms with Crippen LogP contribution >= 0.6 is 11.6 Å². The minimum Gasteiger partial charge on any atom is -0.339 e. The zero-order valence-corrected chi connectivity index (χ0v) is 25.9. The number of nitrogens with one attached hydrogen (secondary N) is 4. The van der Waals surface area contributed by atoms with Crippen LogP contribution < -0.4 is 16.0 Å². The highest BCUT2D eigenvalue weighted by molar-refractivity contribution is 6.41. The summed E-state index contributed by atoms with van der Waals surface area (Å²) >= 11 is 6.34. The van der Waals surface area contributed by atoms with Crippen LogP contribution in [0.4, 0.5) is 55.2 Å². The number of nitrogens with zero attached hydrogens (tertiary/aromatic N) is 6. The van der Waals surface area contributed by atoms with Crippen LogP contribution in [-0.4, -0.2) is 84.1 Å². The van der Waals surface area contributed by atoms with Crippen molar-refractivity contribution >= 4 is 63.8 Å². The van der Waals surface area contributed by atoms with E-state index in [1.807, 2.05) is 30.5 Å². The van der Waals surface area contributed by atoms with Gasteiger partial charge in [-0.1, -0.05) is 11.6 Å². The van der Waals surface area contributed by atoms with E-state index in [1.54, 1.807) is 11.1 Å². The summed E-state index contributed by atoms with van der Waals surface area (Å²) in [5.41, 5.74) is 4.56. The summed E-state index contributed by atoms with van der Waals surface area (Å²) < 4.78 is 67.0. The smallest absolute Gasteiger partial charge is 0.339 e. The predicted octanol–water partition coefficient (Wildman–Crippen LogP) is 4.58. The summed E-state index contributed by atoms with van der Waals surface area (Å²) in [6.45, 7) is 1.02. The molecular weight excluding hydrogens is 702 g/mol. The number of ketones is 2. The average molecular weight is 725 g/mol. The standard InChI is InChI=1S/C25H23ClN10O2.C4F6O2/c26-19-10-28-25-31-18-5-14(8-27-9-18)1-2-16-7-17(30-23(19)33-25)3-4-20(16)32-22(37)6-15-12-36(13-15)24(38)21-11-29-35-34-21;5-3(6,7)1(11)2(12)4(8,9)10/h3-5,7-11,15H,1-2,6,12-13H2,(H,32,37)(H,29,34,35)(H2,28,30,31,33);. The molecule has 6 rings (SSSR count). The molecule has 1 saturated heterocycles. The number of amides is 2. The fourth-order valence-electron chi connectivity index (χ4n) is 4.81. The van der Waals surface area contributed by atoms with Gasteiger partial charge in [-0.15, -0.1) is 0 Å². The van der Waals surface area contributed by atoms with Crippen molar-refractivity contribution < 1.29 is 45.5 Å². The molecule has 1 fully saturated rings. The largest absolute Gasteiger partial charge is 0.458 e. The molecule has 4 N–H and O–H groups in total. The second-order valence-electron chi connectivity index (χ2n) is 10.9. The lowest BCUT2D eigenvalue weighted by Crippen LogP contribution is -2.51. The quantitative estimate of drug-likeness (QED) is 0.167. The van der Waals surface area contributed by atoms with Crippen molar-refractivity contribution in [1.29, 1.82) is 0 Å². The Balaban J connectivity index is 0.000000349. The van der Waals surface area contributed by atoms with Gasteiger partial charge in [-0.3, -0.25) is 24.2 Å². The Kier molecular flexibility index (Phi) is 10.3. The van der Waals surface area contributed by atoms with Gasteiger partial charge in [0.25, 0.3) is 5.91 Å². The number of aryl methyl sites for hydroxylation is 2. The van der Waals surface area contributed by atoms with Crippen LogP contribution in [-0.2, 0) is 27.2 Å². The molecule has 3 aromatic heterocycles. The maximum Gasteiger partial charge on any atom is 0.458 e. The van der Waals surface area contributed by atoms with E-state index in [0.29, 0.717) is 42.7 Å². The fourth-order valence-corrected chi connectivity index (χ4v) is 4.94. The molecule has 0 unspecified atom stereocenters. The van der Waals surface area contributed by atoms with E-state index >= 15 is 0 Å².